The van der Waals surface area contributed by atoms with E-state index < -0.39 is 26.0 Å². The Labute approximate surface area is 148 Å². The van der Waals surface area contributed by atoms with E-state index in [-0.39, 0.29) is 36.1 Å². The summed E-state index contributed by atoms with van der Waals surface area (Å²) >= 11 is 0. The number of benzene rings is 1. The summed E-state index contributed by atoms with van der Waals surface area (Å²) in [6.07, 6.45) is 0. The van der Waals surface area contributed by atoms with Crippen molar-refractivity contribution >= 4 is 21.5 Å². The summed E-state index contributed by atoms with van der Waals surface area (Å²) in [7, 11) is -3.82. The van der Waals surface area contributed by atoms with Gasteiger partial charge in [0.1, 0.15) is 6.61 Å². The molecule has 0 atom stereocenters. The van der Waals surface area contributed by atoms with E-state index in [1.165, 1.54) is 16.4 Å². The fourth-order valence-corrected chi connectivity index (χ4v) is 3.47. The first kappa shape index (κ1) is 21.0. The number of nitro benzene ring substituents is 1. The van der Waals surface area contributed by atoms with Crippen molar-refractivity contribution in [3.05, 3.63) is 28.3 Å². The molecule has 0 fully saturated rings. The number of carbonyl (C=O) groups is 1. The molecule has 8 nitrogen and oxygen atoms in total. The normalized spacial score (nSPS) is 12.2. The number of hydrogen-bond donors (Lipinski definition) is 0. The standard InChI is InChI=1S/C16H24N2O6S/c1-6-17(7-2)25(22,23)12-8-9-14(13(10-12)18(20)21)24-11-15(19)16(3,4)5/h8-10H,6-7,11H2,1-5H3. The third-order valence-corrected chi connectivity index (χ3v) is 5.71. The molecule has 0 aromatic heterocycles. The molecule has 0 spiro atoms. The van der Waals surface area contributed by atoms with Gasteiger partial charge in [-0.1, -0.05) is 34.6 Å². The van der Waals surface area contributed by atoms with Gasteiger partial charge in [0.25, 0.3) is 0 Å². The van der Waals surface area contributed by atoms with Crippen LogP contribution in [0.2, 0.25) is 0 Å². The molecule has 1 aromatic carbocycles. The summed E-state index contributed by atoms with van der Waals surface area (Å²) in [5, 5.41) is 11.3. The van der Waals surface area contributed by atoms with Crippen LogP contribution in [0.1, 0.15) is 34.6 Å². The highest BCUT2D eigenvalue weighted by molar-refractivity contribution is 7.89. The number of nitro groups is 1. The van der Waals surface area contributed by atoms with Crippen LogP contribution in [0.4, 0.5) is 5.69 Å². The molecular formula is C16H24N2O6S. The number of ketones is 1. The number of nitrogens with zero attached hydrogens (tertiary/aromatic N) is 2. The zero-order valence-electron chi connectivity index (χ0n) is 15.1. The number of carbonyl (C=O) groups excluding carboxylic acids is 1. The molecule has 1 aromatic rings. The minimum atomic E-state index is -3.82. The largest absolute Gasteiger partial charge is 0.479 e. The Balaban J connectivity index is 3.21. The zero-order chi connectivity index (χ0) is 19.4. The summed E-state index contributed by atoms with van der Waals surface area (Å²) in [5.74, 6) is -0.359. The molecule has 0 saturated heterocycles. The van der Waals surface area contributed by atoms with Gasteiger partial charge in [0, 0.05) is 24.6 Å². The van der Waals surface area contributed by atoms with Crippen molar-refractivity contribution < 1.29 is 22.9 Å². The van der Waals surface area contributed by atoms with E-state index in [0.29, 0.717) is 0 Å². The first-order valence-corrected chi connectivity index (χ1v) is 9.33. The first-order chi connectivity index (χ1) is 11.4. The number of Topliss-reactive ketones (excluding diaryl/α,β-unsaturated/α-hetero) is 1. The Bertz CT molecular complexity index is 748. The monoisotopic (exact) mass is 372 g/mol. The van der Waals surface area contributed by atoms with E-state index in [4.69, 9.17) is 4.74 Å². The average Bonchev–Trinajstić information content (AvgIpc) is 2.52. The van der Waals surface area contributed by atoms with Crippen LogP contribution in [0.15, 0.2) is 23.1 Å². The quantitative estimate of drug-likeness (QED) is 0.513. The van der Waals surface area contributed by atoms with Crippen molar-refractivity contribution in [3.63, 3.8) is 0 Å². The Morgan fingerprint density at radius 3 is 2.24 bits per heavy atom. The molecule has 0 heterocycles. The van der Waals surface area contributed by atoms with Crippen LogP contribution in [0.5, 0.6) is 5.75 Å². The van der Waals surface area contributed by atoms with Gasteiger partial charge in [-0.3, -0.25) is 14.9 Å². The van der Waals surface area contributed by atoms with Crippen LogP contribution in [0.25, 0.3) is 0 Å². The Morgan fingerprint density at radius 1 is 1.24 bits per heavy atom. The smallest absolute Gasteiger partial charge is 0.312 e. The second-order valence-electron chi connectivity index (χ2n) is 6.44. The first-order valence-electron chi connectivity index (χ1n) is 7.89. The molecule has 0 saturated carbocycles. The summed E-state index contributed by atoms with van der Waals surface area (Å²) in [4.78, 5) is 22.3. The highest BCUT2D eigenvalue weighted by atomic mass is 32.2. The molecule has 0 unspecified atom stereocenters. The second-order valence-corrected chi connectivity index (χ2v) is 8.38. The van der Waals surface area contributed by atoms with Crippen LogP contribution in [0.3, 0.4) is 0 Å². The van der Waals surface area contributed by atoms with Gasteiger partial charge in [0.2, 0.25) is 10.0 Å². The van der Waals surface area contributed by atoms with Gasteiger partial charge in [0.15, 0.2) is 11.5 Å². The van der Waals surface area contributed by atoms with Crippen molar-refractivity contribution in [1.29, 1.82) is 0 Å². The third-order valence-electron chi connectivity index (χ3n) is 3.67. The van der Waals surface area contributed by atoms with Crippen molar-refractivity contribution in [3.8, 4) is 5.75 Å². The van der Waals surface area contributed by atoms with Gasteiger partial charge in [-0.25, -0.2) is 8.42 Å². The van der Waals surface area contributed by atoms with Gasteiger partial charge in [-0.15, -0.1) is 0 Å². The summed E-state index contributed by atoms with van der Waals surface area (Å²) in [6, 6.07) is 3.42. The highest BCUT2D eigenvalue weighted by Crippen LogP contribution is 2.31. The molecule has 25 heavy (non-hydrogen) atoms. The van der Waals surface area contributed by atoms with E-state index in [2.05, 4.69) is 0 Å². The van der Waals surface area contributed by atoms with Gasteiger partial charge >= 0.3 is 5.69 Å². The van der Waals surface area contributed by atoms with Crippen molar-refractivity contribution in [2.45, 2.75) is 39.5 Å². The van der Waals surface area contributed by atoms with Crippen LogP contribution < -0.4 is 4.74 Å². The zero-order valence-corrected chi connectivity index (χ0v) is 15.9. The number of sulfonamides is 1. The molecule has 0 aliphatic heterocycles. The van der Waals surface area contributed by atoms with Gasteiger partial charge in [0.05, 0.1) is 9.82 Å². The van der Waals surface area contributed by atoms with Crippen LogP contribution >= 0.6 is 0 Å². The highest BCUT2D eigenvalue weighted by Gasteiger charge is 2.27. The molecule has 0 radical (unpaired) electrons. The van der Waals surface area contributed by atoms with E-state index in [9.17, 15) is 23.3 Å². The van der Waals surface area contributed by atoms with E-state index >= 15 is 0 Å². The summed E-state index contributed by atoms with van der Waals surface area (Å²) in [6.45, 7) is 8.70. The van der Waals surface area contributed by atoms with Gasteiger partial charge < -0.3 is 4.74 Å². The van der Waals surface area contributed by atoms with Gasteiger partial charge in [-0.05, 0) is 12.1 Å². The maximum Gasteiger partial charge on any atom is 0.312 e. The minimum absolute atomic E-state index is 0.138. The molecule has 1 rings (SSSR count). The molecular weight excluding hydrogens is 348 g/mol. The van der Waals surface area contributed by atoms with Crippen LogP contribution in [0, 0.1) is 15.5 Å². The topological polar surface area (TPSA) is 107 Å². The predicted molar refractivity (Wildman–Crippen MR) is 93.2 cm³/mol. The maximum absolute atomic E-state index is 12.5. The number of rotatable bonds is 8. The lowest BCUT2D eigenvalue weighted by atomic mass is 9.91. The maximum atomic E-state index is 12.5. The van der Waals surface area contributed by atoms with Crippen molar-refractivity contribution in [2.24, 2.45) is 5.41 Å². The fraction of sp³-hybridized carbons (Fsp3) is 0.562. The lowest BCUT2D eigenvalue weighted by molar-refractivity contribution is -0.386. The molecule has 0 bridgehead atoms. The Morgan fingerprint density at radius 2 is 1.80 bits per heavy atom. The number of ether oxygens (including phenoxy) is 1. The van der Waals surface area contributed by atoms with Crippen LogP contribution in [-0.2, 0) is 14.8 Å². The van der Waals surface area contributed by atoms with E-state index in [0.717, 1.165) is 6.07 Å². The minimum Gasteiger partial charge on any atom is -0.479 e. The molecule has 0 amide bonds. The fourth-order valence-electron chi connectivity index (χ4n) is 1.99. The number of hydrogen-bond acceptors (Lipinski definition) is 6. The summed E-state index contributed by atoms with van der Waals surface area (Å²) < 4.78 is 31.4. The predicted octanol–water partition coefficient (Wildman–Crippen LogP) is 2.62. The molecule has 140 valence electrons. The third kappa shape index (κ3) is 4.99. The van der Waals surface area contributed by atoms with Crippen LogP contribution in [-0.4, -0.2) is 43.1 Å². The molecule has 0 aliphatic carbocycles. The Hall–Kier alpha value is -2.00. The van der Waals surface area contributed by atoms with E-state index in [1.807, 2.05) is 0 Å². The molecule has 0 N–H and O–H groups in total. The molecule has 9 heteroatoms. The van der Waals surface area contributed by atoms with Crippen molar-refractivity contribution in [1.82, 2.24) is 4.31 Å². The van der Waals surface area contributed by atoms with Crippen molar-refractivity contribution in [2.75, 3.05) is 19.7 Å². The summed E-state index contributed by atoms with van der Waals surface area (Å²) in [5.41, 5.74) is -1.13. The van der Waals surface area contributed by atoms with Gasteiger partial charge in [-0.2, -0.15) is 4.31 Å². The lowest BCUT2D eigenvalue weighted by Gasteiger charge is -2.19. The van der Waals surface area contributed by atoms with E-state index in [1.54, 1.807) is 34.6 Å². The lowest BCUT2D eigenvalue weighted by Crippen LogP contribution is -2.30. The molecule has 0 aliphatic rings. The average molecular weight is 372 g/mol. The Kier molecular flexibility index (Phi) is 6.67. The SMILES string of the molecule is CCN(CC)S(=O)(=O)c1ccc(OCC(=O)C(C)(C)C)c([N+](=O)[O-])c1. The second kappa shape index (κ2) is 7.92.